The van der Waals surface area contributed by atoms with Crippen LogP contribution in [-0.2, 0) is 0 Å². The van der Waals surface area contributed by atoms with Gasteiger partial charge in [-0.15, -0.1) is 10.2 Å². The van der Waals surface area contributed by atoms with Gasteiger partial charge >= 0.3 is 0 Å². The van der Waals surface area contributed by atoms with E-state index in [0.717, 1.165) is 28.5 Å². The molecule has 1 aromatic carbocycles. The summed E-state index contributed by atoms with van der Waals surface area (Å²) in [7, 11) is 0. The standard InChI is InChI=1S/C15H21N3S/c1-5-8-16-12(4)14-17-18-15(19-14)13-7-6-10(2)11(3)9-13/h6-7,9,12,16H,5,8H2,1-4H3. The lowest BCUT2D eigenvalue weighted by molar-refractivity contribution is 0.564. The predicted octanol–water partition coefficient (Wildman–Crippen LogP) is 3.88. The van der Waals surface area contributed by atoms with Crippen LogP contribution in [0.3, 0.4) is 0 Å². The summed E-state index contributed by atoms with van der Waals surface area (Å²) in [6, 6.07) is 6.73. The Hall–Kier alpha value is -1.26. The molecule has 0 spiro atoms. The highest BCUT2D eigenvalue weighted by Gasteiger charge is 2.12. The molecule has 2 aromatic rings. The Balaban J connectivity index is 2.18. The first-order valence-electron chi connectivity index (χ1n) is 6.76. The second-order valence-corrected chi connectivity index (χ2v) is 5.93. The van der Waals surface area contributed by atoms with E-state index in [9.17, 15) is 0 Å². The normalized spacial score (nSPS) is 12.6. The van der Waals surface area contributed by atoms with Crippen molar-refractivity contribution in [3.8, 4) is 10.6 Å². The molecule has 0 saturated carbocycles. The fourth-order valence-electron chi connectivity index (χ4n) is 1.85. The maximum atomic E-state index is 4.31. The van der Waals surface area contributed by atoms with Crippen LogP contribution in [0.2, 0.25) is 0 Å². The zero-order chi connectivity index (χ0) is 13.8. The molecule has 1 heterocycles. The summed E-state index contributed by atoms with van der Waals surface area (Å²) < 4.78 is 0. The van der Waals surface area contributed by atoms with Crippen molar-refractivity contribution < 1.29 is 0 Å². The third-order valence-electron chi connectivity index (χ3n) is 3.27. The summed E-state index contributed by atoms with van der Waals surface area (Å²) in [4.78, 5) is 0. The smallest absolute Gasteiger partial charge is 0.147 e. The molecule has 0 bridgehead atoms. The minimum Gasteiger partial charge on any atom is -0.308 e. The molecule has 0 saturated heterocycles. The molecule has 102 valence electrons. The molecule has 0 radical (unpaired) electrons. The summed E-state index contributed by atoms with van der Waals surface area (Å²) in [6.07, 6.45) is 1.13. The number of hydrogen-bond donors (Lipinski definition) is 1. The summed E-state index contributed by atoms with van der Waals surface area (Å²) in [5, 5.41) is 14.1. The van der Waals surface area contributed by atoms with Crippen LogP contribution in [0.1, 0.15) is 42.4 Å². The minimum absolute atomic E-state index is 0.276. The van der Waals surface area contributed by atoms with E-state index in [4.69, 9.17) is 0 Å². The number of aryl methyl sites for hydroxylation is 2. The molecule has 1 unspecified atom stereocenters. The number of nitrogens with zero attached hydrogens (tertiary/aromatic N) is 2. The molecule has 0 fully saturated rings. The third-order valence-corrected chi connectivity index (χ3v) is 4.42. The SMILES string of the molecule is CCCNC(C)c1nnc(-c2ccc(C)c(C)c2)s1. The van der Waals surface area contributed by atoms with Crippen molar-refractivity contribution in [1.82, 2.24) is 15.5 Å². The van der Waals surface area contributed by atoms with Gasteiger partial charge in [0.2, 0.25) is 0 Å². The summed E-state index contributed by atoms with van der Waals surface area (Å²) >= 11 is 1.67. The Morgan fingerprint density at radius 3 is 2.68 bits per heavy atom. The third kappa shape index (κ3) is 3.39. The summed E-state index contributed by atoms with van der Waals surface area (Å²) in [6.45, 7) is 9.58. The van der Waals surface area contributed by atoms with Gasteiger partial charge in [0.1, 0.15) is 10.0 Å². The van der Waals surface area contributed by atoms with Gasteiger partial charge in [0.15, 0.2) is 0 Å². The van der Waals surface area contributed by atoms with E-state index in [1.54, 1.807) is 11.3 Å². The molecular weight excluding hydrogens is 254 g/mol. The van der Waals surface area contributed by atoms with Gasteiger partial charge < -0.3 is 5.32 Å². The number of rotatable bonds is 5. The van der Waals surface area contributed by atoms with Gasteiger partial charge in [0.25, 0.3) is 0 Å². The van der Waals surface area contributed by atoms with Gasteiger partial charge in [-0.25, -0.2) is 0 Å². The summed E-state index contributed by atoms with van der Waals surface area (Å²) in [5.74, 6) is 0. The first-order valence-corrected chi connectivity index (χ1v) is 7.58. The molecule has 1 aromatic heterocycles. The van der Waals surface area contributed by atoms with E-state index in [0.29, 0.717) is 0 Å². The van der Waals surface area contributed by atoms with E-state index in [-0.39, 0.29) is 6.04 Å². The Morgan fingerprint density at radius 1 is 1.21 bits per heavy atom. The maximum Gasteiger partial charge on any atom is 0.147 e. The van der Waals surface area contributed by atoms with Crippen LogP contribution in [0, 0.1) is 13.8 Å². The Kier molecular flexibility index (Phi) is 4.66. The van der Waals surface area contributed by atoms with E-state index in [1.165, 1.54) is 11.1 Å². The van der Waals surface area contributed by atoms with Crippen molar-refractivity contribution in [2.75, 3.05) is 6.54 Å². The van der Waals surface area contributed by atoms with Crippen LogP contribution in [0.15, 0.2) is 18.2 Å². The predicted molar refractivity (Wildman–Crippen MR) is 81.5 cm³/mol. The fourth-order valence-corrected chi connectivity index (χ4v) is 2.72. The second kappa shape index (κ2) is 6.26. The average Bonchev–Trinajstić information content (AvgIpc) is 2.89. The van der Waals surface area contributed by atoms with E-state index in [1.807, 2.05) is 0 Å². The van der Waals surface area contributed by atoms with Gasteiger partial charge in [0.05, 0.1) is 6.04 Å². The second-order valence-electron chi connectivity index (χ2n) is 4.92. The van der Waals surface area contributed by atoms with Crippen LogP contribution in [0.4, 0.5) is 0 Å². The van der Waals surface area contributed by atoms with Gasteiger partial charge in [-0.2, -0.15) is 0 Å². The molecule has 1 atom stereocenters. The lowest BCUT2D eigenvalue weighted by Crippen LogP contribution is -2.18. The highest BCUT2D eigenvalue weighted by atomic mass is 32.1. The van der Waals surface area contributed by atoms with Crippen molar-refractivity contribution >= 4 is 11.3 Å². The van der Waals surface area contributed by atoms with Gasteiger partial charge in [-0.1, -0.05) is 30.4 Å². The zero-order valence-electron chi connectivity index (χ0n) is 12.0. The van der Waals surface area contributed by atoms with Crippen LogP contribution >= 0.6 is 11.3 Å². The molecule has 0 aliphatic rings. The van der Waals surface area contributed by atoms with E-state index in [2.05, 4.69) is 61.4 Å². The first-order chi connectivity index (χ1) is 9.11. The molecule has 0 aliphatic heterocycles. The Bertz CT molecular complexity index is 548. The van der Waals surface area contributed by atoms with E-state index >= 15 is 0 Å². The molecule has 3 nitrogen and oxygen atoms in total. The molecule has 0 aliphatic carbocycles. The van der Waals surface area contributed by atoms with Crippen molar-refractivity contribution in [3.05, 3.63) is 34.3 Å². The Morgan fingerprint density at radius 2 is 2.00 bits per heavy atom. The number of hydrogen-bond acceptors (Lipinski definition) is 4. The number of aromatic nitrogens is 2. The zero-order valence-corrected chi connectivity index (χ0v) is 12.8. The fraction of sp³-hybridized carbons (Fsp3) is 0.467. The molecule has 19 heavy (non-hydrogen) atoms. The topological polar surface area (TPSA) is 37.8 Å². The monoisotopic (exact) mass is 275 g/mol. The van der Waals surface area contributed by atoms with Crippen molar-refractivity contribution in [2.24, 2.45) is 0 Å². The highest BCUT2D eigenvalue weighted by Crippen LogP contribution is 2.27. The highest BCUT2D eigenvalue weighted by molar-refractivity contribution is 7.14. The minimum atomic E-state index is 0.276. The average molecular weight is 275 g/mol. The Labute approximate surface area is 119 Å². The molecule has 4 heteroatoms. The molecule has 0 amide bonds. The number of benzene rings is 1. The molecular formula is C15H21N3S. The van der Waals surface area contributed by atoms with Crippen molar-refractivity contribution in [1.29, 1.82) is 0 Å². The lowest BCUT2D eigenvalue weighted by atomic mass is 10.1. The first kappa shape index (κ1) is 14.2. The van der Waals surface area contributed by atoms with Crippen LogP contribution in [0.25, 0.3) is 10.6 Å². The quantitative estimate of drug-likeness (QED) is 0.899. The number of nitrogens with one attached hydrogen (secondary N) is 1. The van der Waals surface area contributed by atoms with Crippen molar-refractivity contribution in [3.63, 3.8) is 0 Å². The molecule has 2 rings (SSSR count). The maximum absolute atomic E-state index is 4.31. The lowest BCUT2D eigenvalue weighted by Gasteiger charge is -2.08. The molecule has 1 N–H and O–H groups in total. The van der Waals surface area contributed by atoms with Gasteiger partial charge in [-0.3, -0.25) is 0 Å². The van der Waals surface area contributed by atoms with Crippen LogP contribution in [0.5, 0.6) is 0 Å². The van der Waals surface area contributed by atoms with Crippen LogP contribution in [-0.4, -0.2) is 16.7 Å². The van der Waals surface area contributed by atoms with Crippen molar-refractivity contribution in [2.45, 2.75) is 40.2 Å². The van der Waals surface area contributed by atoms with E-state index < -0.39 is 0 Å². The van der Waals surface area contributed by atoms with Gasteiger partial charge in [-0.05, 0) is 50.9 Å². The van der Waals surface area contributed by atoms with Crippen LogP contribution < -0.4 is 5.32 Å². The largest absolute Gasteiger partial charge is 0.308 e. The van der Waals surface area contributed by atoms with Gasteiger partial charge in [0, 0.05) is 5.56 Å². The summed E-state index contributed by atoms with van der Waals surface area (Å²) in [5.41, 5.74) is 3.77.